The van der Waals surface area contributed by atoms with Gasteiger partial charge in [-0.25, -0.2) is 0 Å². The predicted octanol–water partition coefficient (Wildman–Crippen LogP) is 6.41. The maximum Gasteiger partial charge on any atom is 0.0717 e. The minimum atomic E-state index is 0.713. The highest BCUT2D eigenvalue weighted by Crippen LogP contribution is 2.37. The van der Waals surface area contributed by atoms with Crippen molar-refractivity contribution in [3.05, 3.63) is 60.2 Å². The molecule has 1 nitrogen and oxygen atoms in total. The summed E-state index contributed by atoms with van der Waals surface area (Å²) in [6.07, 6.45) is 15.4. The zero-order valence-electron chi connectivity index (χ0n) is 14.7. The van der Waals surface area contributed by atoms with Crippen LogP contribution in [0, 0.1) is 5.92 Å². The highest BCUT2D eigenvalue weighted by Gasteiger charge is 2.21. The van der Waals surface area contributed by atoms with E-state index in [1.807, 2.05) is 6.08 Å². The number of rotatable bonds is 9. The monoisotopic (exact) mass is 312 g/mol. The summed E-state index contributed by atoms with van der Waals surface area (Å²) in [5.41, 5.74) is 2.79. The maximum absolute atomic E-state index is 5.63. The van der Waals surface area contributed by atoms with Crippen molar-refractivity contribution >= 4 is 0 Å². The van der Waals surface area contributed by atoms with Crippen molar-refractivity contribution in [3.8, 4) is 0 Å². The fourth-order valence-electron chi connectivity index (χ4n) is 3.43. The molecule has 2 rings (SSSR count). The second kappa shape index (κ2) is 10.4. The van der Waals surface area contributed by atoms with Crippen LogP contribution in [-0.2, 0) is 11.3 Å². The molecule has 1 aliphatic carbocycles. The molecule has 0 bridgehead atoms. The van der Waals surface area contributed by atoms with Crippen LogP contribution in [0.2, 0.25) is 0 Å². The summed E-state index contributed by atoms with van der Waals surface area (Å²) < 4.78 is 5.63. The van der Waals surface area contributed by atoms with Gasteiger partial charge in [-0.15, -0.1) is 6.58 Å². The first-order valence-electron chi connectivity index (χ1n) is 9.26. The molecule has 1 fully saturated rings. The molecule has 126 valence electrons. The standard InChI is InChI=1S/C22H32O/c1-3-5-7-8-19-9-13-21(14-10-19)22-15-11-20(12-16-22)18-23-17-6-4-2/h4-5,7,11-12,15-16,19,21H,2-3,6,8-10,13-14,17-18H2,1H3/t19-,21-. The molecule has 1 aromatic rings. The topological polar surface area (TPSA) is 9.23 Å². The first-order valence-corrected chi connectivity index (χ1v) is 9.26. The Balaban J connectivity index is 1.75. The van der Waals surface area contributed by atoms with Crippen LogP contribution in [0.4, 0.5) is 0 Å². The third-order valence-electron chi connectivity index (χ3n) is 4.90. The second-order valence-electron chi connectivity index (χ2n) is 6.70. The van der Waals surface area contributed by atoms with Gasteiger partial charge in [-0.1, -0.05) is 49.4 Å². The lowest BCUT2D eigenvalue weighted by molar-refractivity contribution is 0.125. The summed E-state index contributed by atoms with van der Waals surface area (Å²) in [6, 6.07) is 9.10. The molecule has 0 radical (unpaired) electrons. The normalized spacial score (nSPS) is 21.6. The summed E-state index contributed by atoms with van der Waals surface area (Å²) in [6.45, 7) is 7.40. The smallest absolute Gasteiger partial charge is 0.0717 e. The van der Waals surface area contributed by atoms with E-state index in [-0.39, 0.29) is 0 Å². The average Bonchev–Trinajstić information content (AvgIpc) is 2.60. The summed E-state index contributed by atoms with van der Waals surface area (Å²) >= 11 is 0. The molecule has 0 heterocycles. The van der Waals surface area contributed by atoms with Gasteiger partial charge < -0.3 is 4.74 Å². The van der Waals surface area contributed by atoms with Crippen LogP contribution < -0.4 is 0 Å². The van der Waals surface area contributed by atoms with E-state index in [2.05, 4.69) is 49.9 Å². The summed E-state index contributed by atoms with van der Waals surface area (Å²) in [5, 5.41) is 0. The number of hydrogen-bond donors (Lipinski definition) is 0. The SMILES string of the molecule is C=CCCOCc1ccc([C@H]2CC[C@H](CC=CCC)CC2)cc1. The molecule has 0 spiro atoms. The van der Waals surface area contributed by atoms with E-state index in [0.29, 0.717) is 6.61 Å². The van der Waals surface area contributed by atoms with Gasteiger partial charge in [0.25, 0.3) is 0 Å². The highest BCUT2D eigenvalue weighted by molar-refractivity contribution is 5.25. The third kappa shape index (κ3) is 6.35. The molecular formula is C22H32O. The molecule has 0 amide bonds. The Hall–Kier alpha value is -1.34. The average molecular weight is 312 g/mol. The molecule has 0 aromatic heterocycles. The van der Waals surface area contributed by atoms with Gasteiger partial charge >= 0.3 is 0 Å². The lowest BCUT2D eigenvalue weighted by Gasteiger charge is -2.28. The Morgan fingerprint density at radius 1 is 1.09 bits per heavy atom. The van der Waals surface area contributed by atoms with E-state index >= 15 is 0 Å². The van der Waals surface area contributed by atoms with E-state index in [1.165, 1.54) is 49.7 Å². The number of allylic oxidation sites excluding steroid dienone is 2. The van der Waals surface area contributed by atoms with Crippen molar-refractivity contribution in [1.29, 1.82) is 0 Å². The Kier molecular flexibility index (Phi) is 8.17. The Labute approximate surface area is 142 Å². The first kappa shape index (κ1) is 18.0. The number of ether oxygens (including phenoxy) is 1. The highest BCUT2D eigenvalue weighted by atomic mass is 16.5. The van der Waals surface area contributed by atoms with E-state index in [9.17, 15) is 0 Å². The van der Waals surface area contributed by atoms with Crippen LogP contribution in [0.3, 0.4) is 0 Å². The molecule has 0 aliphatic heterocycles. The number of benzene rings is 1. The van der Waals surface area contributed by atoms with Gasteiger partial charge in [0.2, 0.25) is 0 Å². The lowest BCUT2D eigenvalue weighted by atomic mass is 9.77. The lowest BCUT2D eigenvalue weighted by Crippen LogP contribution is -2.12. The molecule has 0 N–H and O–H groups in total. The van der Waals surface area contributed by atoms with Crippen molar-refractivity contribution in [3.63, 3.8) is 0 Å². The first-order chi connectivity index (χ1) is 11.3. The Bertz CT molecular complexity index is 463. The minimum Gasteiger partial charge on any atom is -0.376 e. The molecule has 1 aromatic carbocycles. The maximum atomic E-state index is 5.63. The van der Waals surface area contributed by atoms with Crippen LogP contribution in [0.25, 0.3) is 0 Å². The van der Waals surface area contributed by atoms with Gasteiger partial charge in [0.15, 0.2) is 0 Å². The molecule has 0 unspecified atom stereocenters. The zero-order valence-corrected chi connectivity index (χ0v) is 14.7. The third-order valence-corrected chi connectivity index (χ3v) is 4.90. The molecule has 0 saturated heterocycles. The molecule has 0 atom stereocenters. The molecule has 1 saturated carbocycles. The number of hydrogen-bond acceptors (Lipinski definition) is 1. The van der Waals surface area contributed by atoms with Crippen LogP contribution in [-0.4, -0.2) is 6.61 Å². The van der Waals surface area contributed by atoms with Crippen molar-refractivity contribution in [2.24, 2.45) is 5.92 Å². The Morgan fingerprint density at radius 2 is 1.83 bits per heavy atom. The van der Waals surface area contributed by atoms with Crippen molar-refractivity contribution in [1.82, 2.24) is 0 Å². The summed E-state index contributed by atoms with van der Waals surface area (Å²) in [5.74, 6) is 1.67. The van der Waals surface area contributed by atoms with E-state index in [4.69, 9.17) is 4.74 Å². The van der Waals surface area contributed by atoms with Crippen LogP contribution in [0.15, 0.2) is 49.1 Å². The fourth-order valence-corrected chi connectivity index (χ4v) is 3.43. The van der Waals surface area contributed by atoms with Gasteiger partial charge in [-0.2, -0.15) is 0 Å². The van der Waals surface area contributed by atoms with Gasteiger partial charge in [0, 0.05) is 0 Å². The van der Waals surface area contributed by atoms with Gasteiger partial charge in [-0.05, 0) is 67.9 Å². The van der Waals surface area contributed by atoms with E-state index < -0.39 is 0 Å². The zero-order chi connectivity index (χ0) is 16.3. The van der Waals surface area contributed by atoms with Crippen LogP contribution in [0.5, 0.6) is 0 Å². The van der Waals surface area contributed by atoms with Gasteiger partial charge in [-0.3, -0.25) is 0 Å². The predicted molar refractivity (Wildman–Crippen MR) is 99.7 cm³/mol. The fraction of sp³-hybridized carbons (Fsp3) is 0.545. The Morgan fingerprint density at radius 3 is 2.48 bits per heavy atom. The van der Waals surface area contributed by atoms with Crippen molar-refractivity contribution < 1.29 is 4.74 Å². The van der Waals surface area contributed by atoms with E-state index in [1.54, 1.807) is 0 Å². The van der Waals surface area contributed by atoms with Crippen molar-refractivity contribution in [2.75, 3.05) is 6.61 Å². The van der Waals surface area contributed by atoms with Crippen molar-refractivity contribution in [2.45, 2.75) is 64.4 Å². The summed E-state index contributed by atoms with van der Waals surface area (Å²) in [7, 11) is 0. The second-order valence-corrected chi connectivity index (χ2v) is 6.70. The largest absolute Gasteiger partial charge is 0.376 e. The molecule has 1 aliphatic rings. The van der Waals surface area contributed by atoms with Crippen LogP contribution >= 0.6 is 0 Å². The van der Waals surface area contributed by atoms with Crippen LogP contribution in [0.1, 0.15) is 68.9 Å². The summed E-state index contributed by atoms with van der Waals surface area (Å²) in [4.78, 5) is 0. The van der Waals surface area contributed by atoms with Gasteiger partial charge in [0.1, 0.15) is 0 Å². The van der Waals surface area contributed by atoms with E-state index in [0.717, 1.165) is 24.9 Å². The quantitative estimate of drug-likeness (QED) is 0.378. The molecule has 23 heavy (non-hydrogen) atoms. The minimum absolute atomic E-state index is 0.713. The molecular weight excluding hydrogens is 280 g/mol. The van der Waals surface area contributed by atoms with Gasteiger partial charge in [0.05, 0.1) is 13.2 Å². The molecule has 1 heteroatoms.